The van der Waals surface area contributed by atoms with Gasteiger partial charge in [-0.1, -0.05) is 74.5 Å². The highest BCUT2D eigenvalue weighted by Crippen LogP contribution is 2.25. The normalized spacial score (nSPS) is 21.5. The lowest BCUT2D eigenvalue weighted by atomic mass is 10.0. The maximum atomic E-state index is 14.0. The summed E-state index contributed by atoms with van der Waals surface area (Å²) in [7, 11) is 3.50. The molecule has 286 valence electrons. The van der Waals surface area contributed by atoms with Crippen molar-refractivity contribution < 1.29 is 24.0 Å². The molecular weight excluding hydrogens is 707 g/mol. The van der Waals surface area contributed by atoms with Gasteiger partial charge in [0.05, 0.1) is 18.3 Å². The molecule has 0 fully saturated rings. The predicted molar refractivity (Wildman–Crippen MR) is 206 cm³/mol. The van der Waals surface area contributed by atoms with Crippen LogP contribution in [-0.2, 0) is 39.2 Å². The summed E-state index contributed by atoms with van der Waals surface area (Å²) in [5.41, 5.74) is 3.71. The number of amides is 5. The Labute approximate surface area is 319 Å². The smallest absolute Gasteiger partial charge is 0.271 e. The summed E-state index contributed by atoms with van der Waals surface area (Å²) in [6.07, 6.45) is 2.35. The first-order valence-corrected chi connectivity index (χ1v) is 18.9. The maximum absolute atomic E-state index is 14.0. The molecule has 54 heavy (non-hydrogen) atoms. The molecule has 3 heterocycles. The molecule has 4 atom stereocenters. The van der Waals surface area contributed by atoms with Gasteiger partial charge in [0.15, 0.2) is 0 Å². The highest BCUT2D eigenvalue weighted by molar-refractivity contribution is 7.09. The van der Waals surface area contributed by atoms with Crippen molar-refractivity contribution in [3.63, 3.8) is 0 Å². The molecule has 1 aliphatic rings. The Bertz CT molecular complexity index is 1930. The Kier molecular flexibility index (Phi) is 13.3. The third kappa shape index (κ3) is 10.4. The number of hydrogen-bond donors (Lipinski definition) is 4. The summed E-state index contributed by atoms with van der Waals surface area (Å²) >= 11 is 1.24. The van der Waals surface area contributed by atoms with Crippen LogP contribution in [0.25, 0.3) is 11.3 Å². The summed E-state index contributed by atoms with van der Waals surface area (Å²) in [5, 5.41) is 18.2. The van der Waals surface area contributed by atoms with E-state index in [4.69, 9.17) is 5.10 Å². The largest absolute Gasteiger partial charge is 0.345 e. The van der Waals surface area contributed by atoms with Crippen LogP contribution in [-0.4, -0.2) is 98.9 Å². The first-order valence-electron chi connectivity index (χ1n) is 18.0. The summed E-state index contributed by atoms with van der Waals surface area (Å²) in [6.45, 7) is 7.61. The Morgan fingerprint density at radius 2 is 1.52 bits per heavy atom. The van der Waals surface area contributed by atoms with Crippen molar-refractivity contribution in [1.82, 2.24) is 45.8 Å². The van der Waals surface area contributed by atoms with Gasteiger partial charge >= 0.3 is 0 Å². The summed E-state index contributed by atoms with van der Waals surface area (Å²) in [5.74, 6) is -2.56. The number of aryl methyl sites for hydroxylation is 1. The van der Waals surface area contributed by atoms with E-state index in [0.717, 1.165) is 22.4 Å². The second-order valence-electron chi connectivity index (χ2n) is 14.0. The van der Waals surface area contributed by atoms with E-state index in [9.17, 15) is 24.0 Å². The van der Waals surface area contributed by atoms with Gasteiger partial charge in [-0.05, 0) is 31.7 Å². The van der Waals surface area contributed by atoms with Crippen LogP contribution >= 0.6 is 11.3 Å². The van der Waals surface area contributed by atoms with Gasteiger partial charge in [0.1, 0.15) is 28.8 Å². The Morgan fingerprint density at radius 3 is 2.20 bits per heavy atom. The monoisotopic (exact) mass is 755 g/mol. The van der Waals surface area contributed by atoms with Gasteiger partial charge in [0, 0.05) is 56.4 Å². The number of nitrogens with one attached hydrogen (secondary N) is 4. The number of likely N-dealkylation sites (N-methyl/N-ethyl adjacent to an activating group) is 1. The van der Waals surface area contributed by atoms with Crippen molar-refractivity contribution in [2.75, 3.05) is 26.7 Å². The minimum Gasteiger partial charge on any atom is -0.345 e. The maximum Gasteiger partial charge on any atom is 0.271 e. The topological polar surface area (TPSA) is 171 Å². The van der Waals surface area contributed by atoms with Gasteiger partial charge < -0.3 is 26.2 Å². The van der Waals surface area contributed by atoms with Crippen LogP contribution < -0.4 is 21.3 Å². The summed E-state index contributed by atoms with van der Waals surface area (Å²) in [6, 6.07) is 16.1. The fourth-order valence-electron chi connectivity index (χ4n) is 6.24. The molecule has 5 amide bonds. The third-order valence-electron chi connectivity index (χ3n) is 9.23. The molecule has 0 saturated heterocycles. The first kappa shape index (κ1) is 39.8. The minimum absolute atomic E-state index is 0.0111. The van der Waals surface area contributed by atoms with Gasteiger partial charge in [-0.25, -0.2) is 4.98 Å². The molecule has 2 aromatic heterocycles. The van der Waals surface area contributed by atoms with Crippen LogP contribution in [0.3, 0.4) is 0 Å². The van der Waals surface area contributed by atoms with Crippen LogP contribution in [0.5, 0.6) is 0 Å². The van der Waals surface area contributed by atoms with Gasteiger partial charge in [0.2, 0.25) is 23.6 Å². The van der Waals surface area contributed by atoms with Crippen molar-refractivity contribution in [2.24, 2.45) is 13.0 Å². The molecule has 2 aromatic carbocycles. The second-order valence-corrected chi connectivity index (χ2v) is 14.9. The first-order chi connectivity index (χ1) is 25.8. The second kappa shape index (κ2) is 18.1. The minimum atomic E-state index is -0.996. The van der Waals surface area contributed by atoms with Crippen molar-refractivity contribution in [3.8, 4) is 11.3 Å². The SMILES string of the molecule is CC(C)[C@@H]1NC(=O)[C@H](C)NC(=O)c2csc(n2)[C@H](Cc2ccccc2)NC(=O)CN(Cc2cn(C)nc2-c2ccccc2)CCN(C)C(=O)[C@@H](C)NC1=O. The number of carbonyl (C=O) groups is 5. The molecule has 2 bridgehead atoms. The Hall–Kier alpha value is -5.41. The average molecular weight is 756 g/mol. The van der Waals surface area contributed by atoms with Gasteiger partial charge in [0.25, 0.3) is 5.91 Å². The molecule has 15 heteroatoms. The van der Waals surface area contributed by atoms with Gasteiger partial charge in [-0.3, -0.25) is 33.6 Å². The van der Waals surface area contributed by atoms with Gasteiger partial charge in [-0.2, -0.15) is 5.10 Å². The van der Waals surface area contributed by atoms with E-state index in [0.29, 0.717) is 24.5 Å². The van der Waals surface area contributed by atoms with Crippen LogP contribution in [0, 0.1) is 5.92 Å². The lowest BCUT2D eigenvalue weighted by Gasteiger charge is -2.29. The Morgan fingerprint density at radius 1 is 0.833 bits per heavy atom. The van der Waals surface area contributed by atoms with E-state index in [1.807, 2.05) is 78.8 Å². The van der Waals surface area contributed by atoms with Crippen molar-refractivity contribution in [1.29, 1.82) is 0 Å². The highest BCUT2D eigenvalue weighted by atomic mass is 32.1. The number of carbonyl (C=O) groups excluding carboxylic acids is 5. The van der Waals surface area contributed by atoms with E-state index < -0.39 is 41.9 Å². The molecule has 4 aromatic rings. The number of thiazole rings is 1. The number of rotatable bonds is 6. The number of aromatic nitrogens is 3. The molecule has 0 radical (unpaired) electrons. The van der Waals surface area contributed by atoms with E-state index in [2.05, 4.69) is 26.3 Å². The zero-order chi connectivity index (χ0) is 38.9. The average Bonchev–Trinajstić information content (AvgIpc) is 3.79. The van der Waals surface area contributed by atoms with Gasteiger partial charge in [-0.15, -0.1) is 11.3 Å². The van der Waals surface area contributed by atoms with Crippen molar-refractivity contribution in [3.05, 3.63) is 94.1 Å². The Balaban J connectivity index is 1.48. The van der Waals surface area contributed by atoms with E-state index >= 15 is 0 Å². The van der Waals surface area contributed by atoms with Crippen LogP contribution in [0.2, 0.25) is 0 Å². The van der Waals surface area contributed by atoms with Crippen LogP contribution in [0.1, 0.15) is 60.4 Å². The molecule has 0 spiro atoms. The molecule has 14 nitrogen and oxygen atoms in total. The van der Waals surface area contributed by atoms with Crippen molar-refractivity contribution >= 4 is 40.9 Å². The lowest BCUT2D eigenvalue weighted by molar-refractivity contribution is -0.136. The van der Waals surface area contributed by atoms with E-state index in [1.54, 1.807) is 37.9 Å². The zero-order valence-corrected chi connectivity index (χ0v) is 32.4. The fraction of sp³-hybridized carbons (Fsp3) is 0.410. The van der Waals surface area contributed by atoms with Crippen molar-refractivity contribution in [2.45, 2.75) is 64.8 Å². The molecule has 5 rings (SSSR count). The molecule has 0 aliphatic carbocycles. The number of benzene rings is 2. The molecule has 0 unspecified atom stereocenters. The predicted octanol–water partition coefficient (Wildman–Crippen LogP) is 2.68. The summed E-state index contributed by atoms with van der Waals surface area (Å²) < 4.78 is 1.74. The molecule has 1 aliphatic heterocycles. The number of nitrogens with zero attached hydrogens (tertiary/aromatic N) is 5. The third-order valence-corrected chi connectivity index (χ3v) is 10.2. The van der Waals surface area contributed by atoms with Crippen LogP contribution in [0.4, 0.5) is 0 Å². The van der Waals surface area contributed by atoms with Crippen LogP contribution in [0.15, 0.2) is 72.2 Å². The zero-order valence-electron chi connectivity index (χ0n) is 31.5. The standard InChI is InChI=1S/C39H49N9O5S/c1-24(2)33-37(52)41-26(4)39(53)46(5)17-18-48(21-29-20-47(6)45-34(29)28-15-11-8-12-16-28)22-32(49)42-30(19-27-13-9-7-10-14-27)38-43-31(23-54-38)36(51)40-25(3)35(50)44-33/h7-16,20,23-26,30,33H,17-19,21-22H2,1-6H3,(H,40,51)(H,41,52)(H,42,49)(H,44,50)/t25-,26+,30-,33-/m0/s1. The molecule has 0 saturated carbocycles. The van der Waals surface area contributed by atoms with E-state index in [1.165, 1.54) is 23.2 Å². The molecular formula is C39H49N9O5S. The van der Waals surface area contributed by atoms with E-state index in [-0.39, 0.29) is 36.5 Å². The fourth-order valence-corrected chi connectivity index (χ4v) is 7.09. The number of hydrogen-bond acceptors (Lipinski definition) is 9. The lowest BCUT2D eigenvalue weighted by Crippen LogP contribution is -2.57. The summed E-state index contributed by atoms with van der Waals surface area (Å²) in [4.78, 5) is 75.5. The number of fused-ring (bicyclic) bond motifs is 2. The highest BCUT2D eigenvalue weighted by Gasteiger charge is 2.31. The quantitative estimate of drug-likeness (QED) is 0.233. The molecule has 4 N–H and O–H groups in total.